The van der Waals surface area contributed by atoms with Gasteiger partial charge in [-0.2, -0.15) is 0 Å². The highest BCUT2D eigenvalue weighted by molar-refractivity contribution is 7.08. The summed E-state index contributed by atoms with van der Waals surface area (Å²) >= 11 is 1.21. The summed E-state index contributed by atoms with van der Waals surface area (Å²) in [6.07, 6.45) is 3.97. The van der Waals surface area contributed by atoms with Gasteiger partial charge in [0.1, 0.15) is 4.88 Å². The Balaban J connectivity index is 1.95. The molecular weight excluding hydrogens is 248 g/mol. The number of rotatable bonds is 4. The first-order valence-corrected chi connectivity index (χ1v) is 7.34. The summed E-state index contributed by atoms with van der Waals surface area (Å²) < 4.78 is 3.88. The zero-order valence-corrected chi connectivity index (χ0v) is 11.6. The molecule has 0 aromatic carbocycles. The fraction of sp³-hybridized carbons (Fsp3) is 0.750. The molecule has 0 atom stereocenters. The molecule has 1 aliphatic rings. The molecule has 1 fully saturated rings. The van der Waals surface area contributed by atoms with Crippen molar-refractivity contribution in [1.82, 2.24) is 14.5 Å². The lowest BCUT2D eigenvalue weighted by atomic mass is 9.93. The van der Waals surface area contributed by atoms with E-state index in [4.69, 9.17) is 5.73 Å². The topological polar surface area (TPSA) is 72.1 Å². The molecule has 1 aromatic rings. The van der Waals surface area contributed by atoms with Crippen molar-refractivity contribution in [1.29, 1.82) is 0 Å². The largest absolute Gasteiger partial charge is 0.338 e. The highest BCUT2D eigenvalue weighted by Gasteiger charge is 2.26. The lowest BCUT2D eigenvalue weighted by Crippen LogP contribution is -2.38. The summed E-state index contributed by atoms with van der Waals surface area (Å²) in [7, 11) is 0. The van der Waals surface area contributed by atoms with Gasteiger partial charge in [-0.3, -0.25) is 4.79 Å². The van der Waals surface area contributed by atoms with Crippen LogP contribution in [-0.4, -0.2) is 40.0 Å². The van der Waals surface area contributed by atoms with E-state index in [2.05, 4.69) is 9.59 Å². The van der Waals surface area contributed by atoms with Crippen molar-refractivity contribution in [3.8, 4) is 0 Å². The number of amides is 1. The molecule has 0 saturated carbocycles. The van der Waals surface area contributed by atoms with Crippen LogP contribution in [0, 0.1) is 5.92 Å². The van der Waals surface area contributed by atoms with Gasteiger partial charge in [0.25, 0.3) is 5.91 Å². The van der Waals surface area contributed by atoms with Crippen molar-refractivity contribution >= 4 is 17.4 Å². The zero-order chi connectivity index (χ0) is 13.0. The maximum atomic E-state index is 12.3. The Morgan fingerprint density at radius 2 is 2.22 bits per heavy atom. The molecule has 1 aliphatic heterocycles. The number of carbonyl (C=O) groups excluding carboxylic acids is 1. The van der Waals surface area contributed by atoms with Crippen molar-refractivity contribution in [2.75, 3.05) is 19.6 Å². The van der Waals surface area contributed by atoms with Crippen LogP contribution in [0.15, 0.2) is 0 Å². The smallest absolute Gasteiger partial charge is 0.267 e. The van der Waals surface area contributed by atoms with E-state index < -0.39 is 0 Å². The Morgan fingerprint density at radius 1 is 1.50 bits per heavy atom. The molecule has 0 bridgehead atoms. The van der Waals surface area contributed by atoms with E-state index in [1.807, 2.05) is 11.8 Å². The second-order valence-electron chi connectivity index (χ2n) is 4.72. The van der Waals surface area contributed by atoms with Crippen LogP contribution in [-0.2, 0) is 6.42 Å². The van der Waals surface area contributed by atoms with Gasteiger partial charge in [-0.1, -0.05) is 11.4 Å². The van der Waals surface area contributed by atoms with E-state index in [-0.39, 0.29) is 5.91 Å². The van der Waals surface area contributed by atoms with E-state index in [9.17, 15) is 4.79 Å². The summed E-state index contributed by atoms with van der Waals surface area (Å²) in [5, 5.41) is 4.00. The first-order chi connectivity index (χ1) is 8.76. The van der Waals surface area contributed by atoms with E-state index in [0.29, 0.717) is 5.92 Å². The SMILES string of the molecule is CCc1nnsc1C(=O)N1CCC(CCN)CC1. The number of aryl methyl sites for hydroxylation is 1. The predicted octanol–water partition coefficient (Wildman–Crippen LogP) is 1.30. The number of aromatic nitrogens is 2. The van der Waals surface area contributed by atoms with Gasteiger partial charge in [0.15, 0.2) is 0 Å². The first kappa shape index (κ1) is 13.4. The minimum atomic E-state index is 0.105. The normalized spacial score (nSPS) is 17.1. The zero-order valence-electron chi connectivity index (χ0n) is 10.8. The summed E-state index contributed by atoms with van der Waals surface area (Å²) in [6, 6.07) is 0. The second kappa shape index (κ2) is 6.24. The number of hydrogen-bond donors (Lipinski definition) is 1. The number of likely N-dealkylation sites (tertiary alicyclic amines) is 1. The van der Waals surface area contributed by atoms with Crippen LogP contribution in [0.2, 0.25) is 0 Å². The Kier molecular flexibility index (Phi) is 4.66. The summed E-state index contributed by atoms with van der Waals surface area (Å²) in [4.78, 5) is 15.0. The average Bonchev–Trinajstić information content (AvgIpc) is 2.87. The van der Waals surface area contributed by atoms with Gasteiger partial charge in [0.05, 0.1) is 5.69 Å². The van der Waals surface area contributed by atoms with Crippen LogP contribution in [0.3, 0.4) is 0 Å². The van der Waals surface area contributed by atoms with Crippen molar-refractivity contribution in [2.24, 2.45) is 11.7 Å². The van der Waals surface area contributed by atoms with Crippen LogP contribution in [0.4, 0.5) is 0 Å². The highest BCUT2D eigenvalue weighted by Crippen LogP contribution is 2.23. The Morgan fingerprint density at radius 3 is 2.83 bits per heavy atom. The highest BCUT2D eigenvalue weighted by atomic mass is 32.1. The third-order valence-electron chi connectivity index (χ3n) is 3.56. The van der Waals surface area contributed by atoms with Gasteiger partial charge in [0, 0.05) is 13.1 Å². The molecule has 1 amide bonds. The number of hydrogen-bond acceptors (Lipinski definition) is 5. The van der Waals surface area contributed by atoms with Gasteiger partial charge in [-0.05, 0) is 49.7 Å². The monoisotopic (exact) mass is 268 g/mol. The third-order valence-corrected chi connectivity index (χ3v) is 4.32. The van der Waals surface area contributed by atoms with E-state index in [1.165, 1.54) is 11.5 Å². The van der Waals surface area contributed by atoms with Gasteiger partial charge in [-0.25, -0.2) is 0 Å². The molecule has 100 valence electrons. The predicted molar refractivity (Wildman–Crippen MR) is 71.6 cm³/mol. The summed E-state index contributed by atoms with van der Waals surface area (Å²) in [5.74, 6) is 0.789. The average molecular weight is 268 g/mol. The van der Waals surface area contributed by atoms with Crippen LogP contribution in [0.5, 0.6) is 0 Å². The van der Waals surface area contributed by atoms with E-state index in [1.54, 1.807) is 0 Å². The molecule has 0 aliphatic carbocycles. The molecule has 0 radical (unpaired) electrons. The molecular formula is C12H20N4OS. The Hall–Kier alpha value is -1.01. The Labute approximate surface area is 112 Å². The molecule has 1 aromatic heterocycles. The van der Waals surface area contributed by atoms with Crippen molar-refractivity contribution in [2.45, 2.75) is 32.6 Å². The molecule has 2 heterocycles. The first-order valence-electron chi connectivity index (χ1n) is 6.56. The van der Waals surface area contributed by atoms with E-state index in [0.717, 1.165) is 55.9 Å². The quantitative estimate of drug-likeness (QED) is 0.893. The standard InChI is InChI=1S/C12H20N4OS/c1-2-10-11(18-15-14-10)12(17)16-7-4-9(3-6-13)5-8-16/h9H,2-8,13H2,1H3. The maximum Gasteiger partial charge on any atom is 0.267 e. The summed E-state index contributed by atoms with van der Waals surface area (Å²) in [5.41, 5.74) is 6.40. The molecule has 1 saturated heterocycles. The van der Waals surface area contributed by atoms with Crippen molar-refractivity contribution < 1.29 is 4.79 Å². The van der Waals surface area contributed by atoms with Gasteiger partial charge < -0.3 is 10.6 Å². The molecule has 0 spiro atoms. The number of carbonyl (C=O) groups is 1. The number of nitrogens with two attached hydrogens (primary N) is 1. The molecule has 2 N–H and O–H groups in total. The van der Waals surface area contributed by atoms with Crippen LogP contribution in [0.1, 0.15) is 41.6 Å². The fourth-order valence-corrected chi connectivity index (χ4v) is 3.13. The van der Waals surface area contributed by atoms with Crippen LogP contribution < -0.4 is 5.73 Å². The minimum Gasteiger partial charge on any atom is -0.338 e. The molecule has 5 nitrogen and oxygen atoms in total. The molecule has 6 heteroatoms. The minimum absolute atomic E-state index is 0.105. The second-order valence-corrected chi connectivity index (χ2v) is 5.47. The lowest BCUT2D eigenvalue weighted by Gasteiger charge is -2.31. The number of nitrogens with zero attached hydrogens (tertiary/aromatic N) is 3. The van der Waals surface area contributed by atoms with E-state index >= 15 is 0 Å². The molecule has 2 rings (SSSR count). The van der Waals surface area contributed by atoms with Gasteiger partial charge in [0.2, 0.25) is 0 Å². The van der Waals surface area contributed by atoms with Crippen LogP contribution >= 0.6 is 11.5 Å². The molecule has 18 heavy (non-hydrogen) atoms. The number of piperidine rings is 1. The van der Waals surface area contributed by atoms with Crippen LogP contribution in [0.25, 0.3) is 0 Å². The maximum absolute atomic E-state index is 12.3. The van der Waals surface area contributed by atoms with Gasteiger partial charge in [-0.15, -0.1) is 5.10 Å². The lowest BCUT2D eigenvalue weighted by molar-refractivity contribution is 0.0691. The Bertz CT molecular complexity index is 399. The van der Waals surface area contributed by atoms with Gasteiger partial charge >= 0.3 is 0 Å². The molecule has 0 unspecified atom stereocenters. The summed E-state index contributed by atoms with van der Waals surface area (Å²) in [6.45, 7) is 4.42. The van der Waals surface area contributed by atoms with Crippen molar-refractivity contribution in [3.63, 3.8) is 0 Å². The van der Waals surface area contributed by atoms with Crippen molar-refractivity contribution in [3.05, 3.63) is 10.6 Å². The third kappa shape index (κ3) is 2.87. The fourth-order valence-electron chi connectivity index (χ4n) is 2.41.